The van der Waals surface area contributed by atoms with Gasteiger partial charge in [0, 0.05) is 19.7 Å². The van der Waals surface area contributed by atoms with Crippen molar-refractivity contribution in [3.63, 3.8) is 0 Å². The number of hydrogen-bond acceptors (Lipinski definition) is 5. The third-order valence-electron chi connectivity index (χ3n) is 4.77. The first-order valence-electron chi connectivity index (χ1n) is 8.65. The largest absolute Gasteiger partial charge is 0.355 e. The highest BCUT2D eigenvalue weighted by Crippen LogP contribution is 2.30. The van der Waals surface area contributed by atoms with Gasteiger partial charge in [-0.3, -0.25) is 19.4 Å². The molecule has 1 aliphatic heterocycles. The van der Waals surface area contributed by atoms with Gasteiger partial charge in [-0.2, -0.15) is 0 Å². The molecular formula is C21H17N3O4. The molecule has 0 unspecified atom stereocenters. The summed E-state index contributed by atoms with van der Waals surface area (Å²) < 4.78 is 5.51. The van der Waals surface area contributed by atoms with Crippen molar-refractivity contribution in [3.8, 4) is 11.3 Å². The summed E-state index contributed by atoms with van der Waals surface area (Å²) in [4.78, 5) is 38.5. The van der Waals surface area contributed by atoms with Crippen molar-refractivity contribution in [3.05, 3.63) is 59.2 Å². The van der Waals surface area contributed by atoms with E-state index in [1.165, 1.54) is 20.2 Å². The molecule has 0 aliphatic carbocycles. The number of amides is 4. The predicted molar refractivity (Wildman–Crippen MR) is 103 cm³/mol. The van der Waals surface area contributed by atoms with Crippen LogP contribution in [0.4, 0.5) is 4.79 Å². The average Bonchev–Trinajstić information content (AvgIpc) is 3.12. The number of carbonyl (C=O) groups excluding carboxylic acids is 3. The van der Waals surface area contributed by atoms with Gasteiger partial charge in [-0.25, -0.2) is 4.79 Å². The Balaban J connectivity index is 1.80. The molecule has 7 nitrogen and oxygen atoms in total. The van der Waals surface area contributed by atoms with Crippen molar-refractivity contribution in [2.45, 2.75) is 6.92 Å². The number of aryl methyl sites for hydroxylation is 1. The molecule has 1 aliphatic rings. The molecule has 0 spiro atoms. The first kappa shape index (κ1) is 17.7. The van der Waals surface area contributed by atoms with Crippen LogP contribution in [-0.2, 0) is 9.59 Å². The van der Waals surface area contributed by atoms with Crippen molar-refractivity contribution in [1.29, 1.82) is 0 Å². The van der Waals surface area contributed by atoms with E-state index >= 15 is 0 Å². The Labute approximate surface area is 160 Å². The minimum Gasteiger partial charge on any atom is -0.355 e. The van der Waals surface area contributed by atoms with Gasteiger partial charge in [-0.05, 0) is 30.7 Å². The summed E-state index contributed by atoms with van der Waals surface area (Å²) in [5.74, 6) is -0.643. The van der Waals surface area contributed by atoms with Crippen molar-refractivity contribution in [2.75, 3.05) is 14.1 Å². The second-order valence-electron chi connectivity index (χ2n) is 6.72. The molecule has 0 N–H and O–H groups in total. The Hall–Kier alpha value is -3.74. The molecule has 0 bridgehead atoms. The number of carbonyl (C=O) groups is 3. The topological polar surface area (TPSA) is 83.7 Å². The van der Waals surface area contributed by atoms with Gasteiger partial charge in [0.15, 0.2) is 5.76 Å². The molecule has 140 valence electrons. The molecule has 4 rings (SSSR count). The monoisotopic (exact) mass is 375 g/mol. The van der Waals surface area contributed by atoms with Gasteiger partial charge in [0.25, 0.3) is 11.8 Å². The number of urea groups is 1. The third kappa shape index (κ3) is 2.77. The zero-order valence-electron chi connectivity index (χ0n) is 15.6. The quantitative estimate of drug-likeness (QED) is 0.507. The molecule has 0 radical (unpaired) electrons. The van der Waals surface area contributed by atoms with Crippen LogP contribution in [0, 0.1) is 6.92 Å². The van der Waals surface area contributed by atoms with E-state index in [0.29, 0.717) is 16.8 Å². The van der Waals surface area contributed by atoms with Crippen LogP contribution >= 0.6 is 0 Å². The average molecular weight is 375 g/mol. The summed E-state index contributed by atoms with van der Waals surface area (Å²) in [6, 6.07) is 12.5. The Kier molecular flexibility index (Phi) is 4.07. The molecule has 2 aromatic carbocycles. The summed E-state index contributed by atoms with van der Waals surface area (Å²) in [6.07, 6.45) is 1.48. The maximum Gasteiger partial charge on any atom is 0.333 e. The van der Waals surface area contributed by atoms with Gasteiger partial charge in [0.1, 0.15) is 11.1 Å². The fourth-order valence-corrected chi connectivity index (χ4v) is 3.10. The molecule has 2 heterocycles. The van der Waals surface area contributed by atoms with Gasteiger partial charge >= 0.3 is 6.03 Å². The Morgan fingerprint density at radius 3 is 2.21 bits per heavy atom. The Morgan fingerprint density at radius 2 is 1.57 bits per heavy atom. The van der Waals surface area contributed by atoms with Crippen LogP contribution < -0.4 is 0 Å². The number of aromatic nitrogens is 1. The molecule has 1 saturated heterocycles. The number of imide groups is 2. The van der Waals surface area contributed by atoms with E-state index in [1.54, 1.807) is 12.1 Å². The minimum atomic E-state index is -0.650. The van der Waals surface area contributed by atoms with Gasteiger partial charge in [-0.1, -0.05) is 41.1 Å². The fourth-order valence-electron chi connectivity index (χ4n) is 3.10. The van der Waals surface area contributed by atoms with E-state index in [9.17, 15) is 14.4 Å². The Bertz CT molecular complexity index is 1130. The predicted octanol–water partition coefficient (Wildman–Crippen LogP) is 3.24. The minimum absolute atomic E-state index is 0.0720. The van der Waals surface area contributed by atoms with E-state index < -0.39 is 17.8 Å². The van der Waals surface area contributed by atoms with Gasteiger partial charge in [0.05, 0.1) is 5.39 Å². The van der Waals surface area contributed by atoms with Gasteiger partial charge in [-0.15, -0.1) is 0 Å². The number of rotatable bonds is 2. The molecule has 28 heavy (non-hydrogen) atoms. The maximum absolute atomic E-state index is 12.4. The second-order valence-corrected chi connectivity index (χ2v) is 6.72. The lowest BCUT2D eigenvalue weighted by Crippen LogP contribution is -2.52. The molecule has 0 atom stereocenters. The first-order valence-corrected chi connectivity index (χ1v) is 8.65. The van der Waals surface area contributed by atoms with Crippen LogP contribution in [0.3, 0.4) is 0 Å². The van der Waals surface area contributed by atoms with E-state index in [-0.39, 0.29) is 5.57 Å². The summed E-state index contributed by atoms with van der Waals surface area (Å²) in [6.45, 7) is 2.00. The van der Waals surface area contributed by atoms with Crippen molar-refractivity contribution in [1.82, 2.24) is 15.0 Å². The summed E-state index contributed by atoms with van der Waals surface area (Å²) >= 11 is 0. The first-order chi connectivity index (χ1) is 13.4. The standard InChI is InChI=1S/C21H17N3O4/c1-12-4-7-14(8-5-12)18-15-10-13(6-9-17(15)22-28-18)11-16-19(25)23(2)21(27)24(3)20(16)26/h4-11H,1-3H3. The highest BCUT2D eigenvalue weighted by Gasteiger charge is 2.37. The van der Waals surface area contributed by atoms with E-state index in [1.807, 2.05) is 37.3 Å². The van der Waals surface area contributed by atoms with E-state index in [2.05, 4.69) is 5.16 Å². The molecule has 7 heteroatoms. The highest BCUT2D eigenvalue weighted by molar-refractivity contribution is 6.30. The summed E-state index contributed by atoms with van der Waals surface area (Å²) in [5, 5.41) is 4.85. The van der Waals surface area contributed by atoms with Crippen molar-refractivity contribution < 1.29 is 18.9 Å². The number of likely N-dealkylation sites (N-methyl/N-ethyl adjacent to an activating group) is 2. The second kappa shape index (κ2) is 6.45. The van der Waals surface area contributed by atoms with Gasteiger partial charge in [0.2, 0.25) is 0 Å². The maximum atomic E-state index is 12.4. The lowest BCUT2D eigenvalue weighted by Gasteiger charge is -2.28. The molecule has 0 saturated carbocycles. The van der Waals surface area contributed by atoms with E-state index in [4.69, 9.17) is 4.52 Å². The number of nitrogens with zero attached hydrogens (tertiary/aromatic N) is 3. The lowest BCUT2D eigenvalue weighted by molar-refractivity contribution is -0.134. The molecular weight excluding hydrogens is 358 g/mol. The van der Waals surface area contributed by atoms with Crippen molar-refractivity contribution >= 4 is 34.8 Å². The van der Waals surface area contributed by atoms with Crippen LogP contribution in [0.1, 0.15) is 11.1 Å². The van der Waals surface area contributed by atoms with Crippen LogP contribution in [0.15, 0.2) is 52.6 Å². The zero-order chi connectivity index (χ0) is 20.0. The van der Waals surface area contributed by atoms with E-state index in [0.717, 1.165) is 26.3 Å². The van der Waals surface area contributed by atoms with Crippen LogP contribution in [0.25, 0.3) is 28.3 Å². The number of hydrogen-bond donors (Lipinski definition) is 0. The highest BCUT2D eigenvalue weighted by atomic mass is 16.5. The van der Waals surface area contributed by atoms with Gasteiger partial charge < -0.3 is 4.52 Å². The molecule has 1 aromatic heterocycles. The SMILES string of the molecule is Cc1ccc(-c2onc3ccc(C=C4C(=O)N(C)C(=O)N(C)C4=O)cc23)cc1. The van der Waals surface area contributed by atoms with Crippen LogP contribution in [0.2, 0.25) is 0 Å². The summed E-state index contributed by atoms with van der Waals surface area (Å²) in [5.41, 5.74) is 3.25. The van der Waals surface area contributed by atoms with Crippen LogP contribution in [-0.4, -0.2) is 46.9 Å². The van der Waals surface area contributed by atoms with Crippen LogP contribution in [0.5, 0.6) is 0 Å². The smallest absolute Gasteiger partial charge is 0.333 e. The Morgan fingerprint density at radius 1 is 0.929 bits per heavy atom. The molecule has 4 amide bonds. The van der Waals surface area contributed by atoms with Crippen molar-refractivity contribution in [2.24, 2.45) is 0 Å². The third-order valence-corrected chi connectivity index (χ3v) is 4.77. The molecule has 1 fully saturated rings. The zero-order valence-corrected chi connectivity index (χ0v) is 15.6. The number of barbiturate groups is 1. The number of fused-ring (bicyclic) bond motifs is 1. The molecule has 3 aromatic rings. The lowest BCUT2D eigenvalue weighted by atomic mass is 10.0. The summed E-state index contributed by atoms with van der Waals surface area (Å²) in [7, 11) is 2.69. The number of benzene rings is 2. The normalized spacial score (nSPS) is 15.0. The fraction of sp³-hybridized carbons (Fsp3) is 0.143.